The quantitative estimate of drug-likeness (QED) is 0.151. The van der Waals surface area contributed by atoms with E-state index in [4.69, 9.17) is 16.6 Å². The highest BCUT2D eigenvalue weighted by atomic mass is 32.2. The Bertz CT molecular complexity index is 897. The van der Waals surface area contributed by atoms with Gasteiger partial charge in [0.25, 0.3) is 0 Å². The van der Waals surface area contributed by atoms with Gasteiger partial charge in [-0.05, 0) is 49.5 Å². The van der Waals surface area contributed by atoms with Gasteiger partial charge in [-0.25, -0.2) is 0 Å². The molecule has 0 bridgehead atoms. The highest BCUT2D eigenvalue weighted by Crippen LogP contribution is 2.12. The Morgan fingerprint density at radius 3 is 2.06 bits per heavy atom. The number of thioether (sulfide) groups is 1. The van der Waals surface area contributed by atoms with Crippen molar-refractivity contribution >= 4 is 41.4 Å². The van der Waals surface area contributed by atoms with E-state index in [9.17, 15) is 29.1 Å². The molecule has 0 aliphatic carbocycles. The summed E-state index contributed by atoms with van der Waals surface area (Å²) in [6.45, 7) is 1.27. The summed E-state index contributed by atoms with van der Waals surface area (Å²) in [4.78, 5) is 60.7. The first-order valence-corrected chi connectivity index (χ1v) is 12.3. The Kier molecular flexibility index (Phi) is 12.6. The Labute approximate surface area is 207 Å². The van der Waals surface area contributed by atoms with Gasteiger partial charge in [0, 0.05) is 12.8 Å². The van der Waals surface area contributed by atoms with Gasteiger partial charge >= 0.3 is 5.97 Å². The number of amides is 4. The second-order valence-corrected chi connectivity index (χ2v) is 8.94. The Balaban J connectivity index is 3.07. The molecular weight excluding hydrogens is 478 g/mol. The van der Waals surface area contributed by atoms with Crippen molar-refractivity contribution in [3.05, 3.63) is 29.8 Å². The van der Waals surface area contributed by atoms with Crippen molar-refractivity contribution in [1.29, 1.82) is 0 Å². The number of primary amides is 1. The molecule has 0 aliphatic heterocycles. The zero-order chi connectivity index (χ0) is 26.5. The van der Waals surface area contributed by atoms with Crippen LogP contribution in [0.2, 0.25) is 0 Å². The number of phenols is 1. The van der Waals surface area contributed by atoms with Crippen LogP contribution in [-0.2, 0) is 30.4 Å². The number of phenolic OH excluding ortho intramolecular Hbond substituents is 1. The van der Waals surface area contributed by atoms with Gasteiger partial charge in [-0.15, -0.1) is 0 Å². The number of carbonyl (C=O) groups is 5. The minimum atomic E-state index is -1.26. The number of hydrogen-bond acceptors (Lipinski definition) is 8. The number of hydrogen-bond donors (Lipinski definition) is 7. The first-order chi connectivity index (χ1) is 16.4. The predicted molar refractivity (Wildman–Crippen MR) is 130 cm³/mol. The number of rotatable bonds is 15. The Hall–Kier alpha value is -3.32. The van der Waals surface area contributed by atoms with Crippen LogP contribution in [0.1, 0.15) is 31.7 Å². The van der Waals surface area contributed by atoms with Crippen LogP contribution in [0.3, 0.4) is 0 Å². The number of aromatic hydroxyl groups is 1. The number of aliphatic carboxylic acids is 1. The molecule has 0 aromatic heterocycles. The van der Waals surface area contributed by atoms with Crippen molar-refractivity contribution in [3.8, 4) is 5.75 Å². The van der Waals surface area contributed by atoms with E-state index >= 15 is 0 Å². The monoisotopic (exact) mass is 511 g/mol. The van der Waals surface area contributed by atoms with Crippen LogP contribution in [0.4, 0.5) is 0 Å². The SMILES string of the molecule is CSCCC(N)C(=O)NC(CCC(N)=O)C(=O)NC(Cc1ccc(O)cc1)C(=O)NC(C)C(=O)O. The molecule has 1 aromatic rings. The van der Waals surface area contributed by atoms with E-state index in [1.54, 1.807) is 12.1 Å². The Morgan fingerprint density at radius 2 is 1.51 bits per heavy atom. The number of carboxylic acids is 1. The van der Waals surface area contributed by atoms with Crippen molar-refractivity contribution in [1.82, 2.24) is 16.0 Å². The van der Waals surface area contributed by atoms with Crippen LogP contribution in [0.5, 0.6) is 5.75 Å². The average Bonchev–Trinajstić information content (AvgIpc) is 2.80. The summed E-state index contributed by atoms with van der Waals surface area (Å²) in [5.74, 6) is -3.44. The first-order valence-electron chi connectivity index (χ1n) is 10.9. The lowest BCUT2D eigenvalue weighted by Gasteiger charge is -2.24. The second kappa shape index (κ2) is 14.8. The van der Waals surface area contributed by atoms with Crippen LogP contribution in [0.25, 0.3) is 0 Å². The van der Waals surface area contributed by atoms with Crippen molar-refractivity contribution in [2.45, 2.75) is 56.8 Å². The molecule has 1 aromatic carbocycles. The van der Waals surface area contributed by atoms with E-state index in [0.717, 1.165) is 0 Å². The predicted octanol–water partition coefficient (Wildman–Crippen LogP) is -1.16. The summed E-state index contributed by atoms with van der Waals surface area (Å²) in [7, 11) is 0. The van der Waals surface area contributed by atoms with E-state index in [1.165, 1.54) is 30.8 Å². The molecule has 12 nitrogen and oxygen atoms in total. The van der Waals surface area contributed by atoms with Crippen molar-refractivity contribution in [3.63, 3.8) is 0 Å². The normalized spacial score (nSPS) is 14.1. The van der Waals surface area contributed by atoms with E-state index < -0.39 is 53.8 Å². The number of carbonyl (C=O) groups excluding carboxylic acids is 4. The summed E-state index contributed by atoms with van der Waals surface area (Å²) >= 11 is 1.50. The number of nitrogens with one attached hydrogen (secondary N) is 3. The summed E-state index contributed by atoms with van der Waals surface area (Å²) in [6, 6.07) is 1.36. The van der Waals surface area contributed by atoms with Gasteiger partial charge in [0.05, 0.1) is 6.04 Å². The lowest BCUT2D eigenvalue weighted by Crippen LogP contribution is -2.57. The van der Waals surface area contributed by atoms with Gasteiger partial charge in [-0.1, -0.05) is 12.1 Å². The molecule has 0 spiro atoms. The second-order valence-electron chi connectivity index (χ2n) is 7.95. The van der Waals surface area contributed by atoms with Crippen molar-refractivity contribution < 1.29 is 34.2 Å². The average molecular weight is 512 g/mol. The maximum absolute atomic E-state index is 13.0. The molecule has 0 heterocycles. The van der Waals surface area contributed by atoms with Gasteiger partial charge in [0.1, 0.15) is 23.9 Å². The third kappa shape index (κ3) is 11.1. The lowest BCUT2D eigenvalue weighted by molar-refractivity contribution is -0.141. The smallest absolute Gasteiger partial charge is 0.325 e. The Morgan fingerprint density at radius 1 is 0.943 bits per heavy atom. The van der Waals surface area contributed by atoms with E-state index in [-0.39, 0.29) is 25.0 Å². The third-order valence-electron chi connectivity index (χ3n) is 5.02. The minimum Gasteiger partial charge on any atom is -0.508 e. The van der Waals surface area contributed by atoms with Crippen LogP contribution in [0, 0.1) is 0 Å². The highest BCUT2D eigenvalue weighted by Gasteiger charge is 2.29. The molecule has 4 atom stereocenters. The maximum Gasteiger partial charge on any atom is 0.325 e. The molecule has 13 heteroatoms. The minimum absolute atomic E-state index is 0.00493. The maximum atomic E-state index is 13.0. The van der Waals surface area contributed by atoms with Crippen molar-refractivity contribution in [2.24, 2.45) is 11.5 Å². The fraction of sp³-hybridized carbons (Fsp3) is 0.500. The first kappa shape index (κ1) is 29.7. The fourth-order valence-corrected chi connectivity index (χ4v) is 3.42. The number of carboxylic acid groups (broad SMARTS) is 1. The summed E-state index contributed by atoms with van der Waals surface area (Å²) < 4.78 is 0. The standard InChI is InChI=1S/C22H33N5O7S/c1-12(22(33)34)25-21(32)17(11-13-3-5-14(28)6-4-13)27-20(31)16(7-8-18(24)29)26-19(30)15(23)9-10-35-2/h3-6,12,15-17,28H,7-11,23H2,1-2H3,(H2,24,29)(H,25,32)(H,26,30)(H,27,31)(H,33,34). The number of nitrogens with two attached hydrogens (primary N) is 2. The molecule has 0 saturated carbocycles. The van der Waals surface area contributed by atoms with Crippen LogP contribution in [-0.4, -0.2) is 76.0 Å². The van der Waals surface area contributed by atoms with Crippen molar-refractivity contribution in [2.75, 3.05) is 12.0 Å². The zero-order valence-corrected chi connectivity index (χ0v) is 20.5. The van der Waals surface area contributed by atoms with Gasteiger partial charge in [0.15, 0.2) is 0 Å². The zero-order valence-electron chi connectivity index (χ0n) is 19.7. The summed E-state index contributed by atoms with van der Waals surface area (Å²) in [5, 5.41) is 25.9. The lowest BCUT2D eigenvalue weighted by atomic mass is 10.0. The third-order valence-corrected chi connectivity index (χ3v) is 5.66. The molecule has 0 saturated heterocycles. The molecule has 4 amide bonds. The molecule has 0 fully saturated rings. The van der Waals surface area contributed by atoms with Crippen LogP contribution >= 0.6 is 11.8 Å². The molecule has 194 valence electrons. The molecule has 35 heavy (non-hydrogen) atoms. The number of benzene rings is 1. The molecule has 0 aliphatic rings. The van der Waals surface area contributed by atoms with Gasteiger partial charge < -0.3 is 37.6 Å². The summed E-state index contributed by atoms with van der Waals surface area (Å²) in [5.41, 5.74) is 11.6. The largest absolute Gasteiger partial charge is 0.508 e. The van der Waals surface area contributed by atoms with Gasteiger partial charge in [0.2, 0.25) is 23.6 Å². The van der Waals surface area contributed by atoms with Gasteiger partial charge in [-0.2, -0.15) is 11.8 Å². The molecule has 0 radical (unpaired) electrons. The topological polar surface area (TPSA) is 214 Å². The molecular formula is C22H33N5O7S. The van der Waals surface area contributed by atoms with E-state index in [0.29, 0.717) is 17.7 Å². The van der Waals surface area contributed by atoms with Crippen LogP contribution in [0.15, 0.2) is 24.3 Å². The highest BCUT2D eigenvalue weighted by molar-refractivity contribution is 7.98. The molecule has 1 rings (SSSR count). The van der Waals surface area contributed by atoms with E-state index in [2.05, 4.69) is 16.0 Å². The van der Waals surface area contributed by atoms with Crippen LogP contribution < -0.4 is 27.4 Å². The summed E-state index contributed by atoms with van der Waals surface area (Å²) in [6.07, 6.45) is 1.87. The molecule has 9 N–H and O–H groups in total. The van der Waals surface area contributed by atoms with E-state index in [1.807, 2.05) is 6.26 Å². The van der Waals surface area contributed by atoms with Gasteiger partial charge in [-0.3, -0.25) is 24.0 Å². The fourth-order valence-electron chi connectivity index (χ4n) is 2.94. The molecule has 4 unspecified atom stereocenters.